The minimum absolute atomic E-state index is 0.00601. The molecule has 4 aromatic rings. The number of amides is 1. The van der Waals surface area contributed by atoms with E-state index in [9.17, 15) is 20.0 Å². The number of nitrogens with one attached hydrogen (secondary N) is 1. The Morgan fingerprint density at radius 2 is 1.78 bits per heavy atom. The molecule has 0 saturated carbocycles. The predicted octanol–water partition coefficient (Wildman–Crippen LogP) is 5.96. The molecule has 0 fully saturated rings. The van der Waals surface area contributed by atoms with E-state index in [4.69, 9.17) is 9.47 Å². The molecule has 2 N–H and O–H groups in total. The van der Waals surface area contributed by atoms with Gasteiger partial charge >= 0.3 is 0 Å². The van der Waals surface area contributed by atoms with Gasteiger partial charge in [0.25, 0.3) is 11.6 Å². The van der Waals surface area contributed by atoms with E-state index in [-0.39, 0.29) is 23.6 Å². The first-order valence-corrected chi connectivity index (χ1v) is 12.0. The van der Waals surface area contributed by atoms with Gasteiger partial charge in [0.15, 0.2) is 11.5 Å². The Kier molecular flexibility index (Phi) is 7.99. The van der Waals surface area contributed by atoms with E-state index in [0.29, 0.717) is 28.1 Å². The molecule has 0 atom stereocenters. The Morgan fingerprint density at radius 1 is 1.08 bits per heavy atom. The molecule has 1 amide bonds. The Balaban J connectivity index is 1.47. The first-order chi connectivity index (χ1) is 17.9. The second kappa shape index (κ2) is 11.5. The molecule has 0 heterocycles. The van der Waals surface area contributed by atoms with Crippen LogP contribution >= 0.6 is 15.9 Å². The maximum Gasteiger partial charge on any atom is 0.275 e. The van der Waals surface area contributed by atoms with Crippen molar-refractivity contribution in [3.8, 4) is 17.2 Å². The summed E-state index contributed by atoms with van der Waals surface area (Å²) in [5, 5.41) is 26.8. The van der Waals surface area contributed by atoms with Crippen molar-refractivity contribution < 1.29 is 24.3 Å². The van der Waals surface area contributed by atoms with Crippen LogP contribution in [-0.4, -0.2) is 28.8 Å². The number of hydrogen-bond acceptors (Lipinski definition) is 7. The number of nitro benzene ring substituents is 1. The highest BCUT2D eigenvalue weighted by Gasteiger charge is 2.14. The van der Waals surface area contributed by atoms with Crippen LogP contribution in [0.1, 0.15) is 28.4 Å². The van der Waals surface area contributed by atoms with Gasteiger partial charge in [0.2, 0.25) is 0 Å². The molecule has 0 unspecified atom stereocenters. The number of hydrogen-bond donors (Lipinski definition) is 2. The molecule has 0 spiro atoms. The molecule has 10 heteroatoms. The molecule has 9 nitrogen and oxygen atoms in total. The van der Waals surface area contributed by atoms with E-state index in [1.165, 1.54) is 24.4 Å². The molecule has 0 bridgehead atoms. The topological polar surface area (TPSA) is 123 Å². The summed E-state index contributed by atoms with van der Waals surface area (Å²) in [6, 6.07) is 20.1. The molecule has 0 aromatic heterocycles. The summed E-state index contributed by atoms with van der Waals surface area (Å²) >= 11 is 3.49. The summed E-state index contributed by atoms with van der Waals surface area (Å²) in [6.45, 7) is 2.40. The van der Waals surface area contributed by atoms with Crippen LogP contribution in [0.25, 0.3) is 10.8 Å². The standard InChI is InChI=1S/C27H22BrN3O6/c1-2-36-25-12-18(11-23(28)26(25)37-16-17-7-9-21(10-8-17)31(34)35)15-29-30-27(33)22-13-19-5-3-4-6-20(19)14-24(22)32/h3-15,32H,2,16H2,1H3,(H,30,33). The molecule has 0 aliphatic heterocycles. The molecule has 4 aromatic carbocycles. The summed E-state index contributed by atoms with van der Waals surface area (Å²) in [6.07, 6.45) is 1.45. The van der Waals surface area contributed by atoms with Crippen molar-refractivity contribution in [1.29, 1.82) is 0 Å². The summed E-state index contributed by atoms with van der Waals surface area (Å²) < 4.78 is 12.2. The fourth-order valence-electron chi connectivity index (χ4n) is 3.57. The lowest BCUT2D eigenvalue weighted by molar-refractivity contribution is -0.384. The van der Waals surface area contributed by atoms with Crippen molar-refractivity contribution in [2.75, 3.05) is 6.61 Å². The number of rotatable bonds is 9. The number of benzene rings is 4. The molecular formula is C27H22BrN3O6. The highest BCUT2D eigenvalue weighted by atomic mass is 79.9. The normalized spacial score (nSPS) is 11.0. The number of phenols is 1. The highest BCUT2D eigenvalue weighted by Crippen LogP contribution is 2.37. The van der Waals surface area contributed by atoms with Gasteiger partial charge in [0.1, 0.15) is 12.4 Å². The summed E-state index contributed by atoms with van der Waals surface area (Å²) in [7, 11) is 0. The molecule has 0 aliphatic rings. The number of hydrazone groups is 1. The maximum absolute atomic E-state index is 12.6. The molecule has 0 saturated heterocycles. The van der Waals surface area contributed by atoms with E-state index < -0.39 is 10.8 Å². The molecule has 4 rings (SSSR count). The van der Waals surface area contributed by atoms with Crippen LogP contribution in [-0.2, 0) is 6.61 Å². The van der Waals surface area contributed by atoms with Crippen LogP contribution in [0.4, 0.5) is 5.69 Å². The fraction of sp³-hybridized carbons (Fsp3) is 0.111. The Hall–Kier alpha value is -4.44. The van der Waals surface area contributed by atoms with Gasteiger partial charge in [-0.05, 0) is 81.2 Å². The third-order valence-electron chi connectivity index (χ3n) is 5.35. The lowest BCUT2D eigenvalue weighted by Gasteiger charge is -2.14. The second-order valence-corrected chi connectivity index (χ2v) is 8.75. The number of carbonyl (C=O) groups excluding carboxylic acids is 1. The van der Waals surface area contributed by atoms with Crippen molar-refractivity contribution in [2.45, 2.75) is 13.5 Å². The van der Waals surface area contributed by atoms with E-state index in [2.05, 4.69) is 26.5 Å². The van der Waals surface area contributed by atoms with Gasteiger partial charge < -0.3 is 14.6 Å². The Labute approximate surface area is 220 Å². The van der Waals surface area contributed by atoms with Gasteiger partial charge in [-0.3, -0.25) is 14.9 Å². The molecule has 188 valence electrons. The third kappa shape index (κ3) is 6.22. The predicted molar refractivity (Wildman–Crippen MR) is 143 cm³/mol. The average molecular weight is 564 g/mol. The van der Waals surface area contributed by atoms with Gasteiger partial charge in [0.05, 0.1) is 27.8 Å². The number of nitro groups is 1. The van der Waals surface area contributed by atoms with E-state index in [1.807, 2.05) is 31.2 Å². The first kappa shape index (κ1) is 25.6. The zero-order valence-electron chi connectivity index (χ0n) is 19.7. The summed E-state index contributed by atoms with van der Waals surface area (Å²) in [5.74, 6) is 0.232. The largest absolute Gasteiger partial charge is 0.507 e. The zero-order chi connectivity index (χ0) is 26.4. The number of fused-ring (bicyclic) bond motifs is 1. The monoisotopic (exact) mass is 563 g/mol. The van der Waals surface area contributed by atoms with Crippen molar-refractivity contribution in [3.63, 3.8) is 0 Å². The maximum atomic E-state index is 12.6. The highest BCUT2D eigenvalue weighted by molar-refractivity contribution is 9.10. The van der Waals surface area contributed by atoms with E-state index in [1.54, 1.807) is 30.3 Å². The van der Waals surface area contributed by atoms with Crippen LogP contribution in [0.3, 0.4) is 0 Å². The van der Waals surface area contributed by atoms with Crippen molar-refractivity contribution in [2.24, 2.45) is 5.10 Å². The van der Waals surface area contributed by atoms with Gasteiger partial charge in [0, 0.05) is 12.1 Å². The van der Waals surface area contributed by atoms with Crippen molar-refractivity contribution in [1.82, 2.24) is 5.43 Å². The SMILES string of the molecule is CCOc1cc(C=NNC(=O)c2cc3ccccc3cc2O)cc(Br)c1OCc1ccc([N+](=O)[O-])cc1. The van der Waals surface area contributed by atoms with Crippen LogP contribution in [0, 0.1) is 10.1 Å². The third-order valence-corrected chi connectivity index (χ3v) is 5.94. The average Bonchev–Trinajstić information content (AvgIpc) is 2.88. The Morgan fingerprint density at radius 3 is 2.46 bits per heavy atom. The number of phenolic OH excluding ortho intramolecular Hbond substituents is 1. The number of nitrogens with zero attached hydrogens (tertiary/aromatic N) is 2. The Bertz CT molecular complexity index is 1490. The smallest absolute Gasteiger partial charge is 0.275 e. The minimum Gasteiger partial charge on any atom is -0.507 e. The summed E-state index contributed by atoms with van der Waals surface area (Å²) in [4.78, 5) is 23.0. The number of ether oxygens (including phenoxy) is 2. The molecule has 0 radical (unpaired) electrons. The first-order valence-electron chi connectivity index (χ1n) is 11.2. The van der Waals surface area contributed by atoms with Gasteiger partial charge in [-0.2, -0.15) is 5.10 Å². The second-order valence-electron chi connectivity index (χ2n) is 7.89. The van der Waals surface area contributed by atoms with Crippen LogP contribution in [0.5, 0.6) is 17.2 Å². The van der Waals surface area contributed by atoms with Crippen LogP contribution in [0.15, 0.2) is 82.4 Å². The molecular weight excluding hydrogens is 542 g/mol. The van der Waals surface area contributed by atoms with Crippen LogP contribution < -0.4 is 14.9 Å². The van der Waals surface area contributed by atoms with Gasteiger partial charge in [-0.1, -0.05) is 24.3 Å². The number of halogens is 1. The lowest BCUT2D eigenvalue weighted by atomic mass is 10.1. The molecule has 37 heavy (non-hydrogen) atoms. The lowest BCUT2D eigenvalue weighted by Crippen LogP contribution is -2.17. The zero-order valence-corrected chi connectivity index (χ0v) is 21.3. The quantitative estimate of drug-likeness (QED) is 0.147. The van der Waals surface area contributed by atoms with Crippen molar-refractivity contribution in [3.05, 3.63) is 104 Å². The summed E-state index contributed by atoms with van der Waals surface area (Å²) in [5.41, 5.74) is 3.93. The van der Waals surface area contributed by atoms with E-state index >= 15 is 0 Å². The van der Waals surface area contributed by atoms with Gasteiger partial charge in [-0.15, -0.1) is 0 Å². The minimum atomic E-state index is -0.549. The number of non-ortho nitro benzene ring substituents is 1. The van der Waals surface area contributed by atoms with E-state index in [0.717, 1.165) is 16.3 Å². The number of carbonyl (C=O) groups is 1. The van der Waals surface area contributed by atoms with Gasteiger partial charge in [-0.25, -0.2) is 5.43 Å². The van der Waals surface area contributed by atoms with Crippen LogP contribution in [0.2, 0.25) is 0 Å². The van der Waals surface area contributed by atoms with Crippen molar-refractivity contribution >= 4 is 44.5 Å². The molecule has 0 aliphatic carbocycles. The fourth-order valence-corrected chi connectivity index (χ4v) is 4.14. The number of aromatic hydroxyl groups is 1.